The predicted molar refractivity (Wildman–Crippen MR) is 37.6 cm³/mol. The quantitative estimate of drug-likeness (QED) is 0.408. The molecule has 2 rings (SSSR count). The molecule has 0 fully saturated rings. The summed E-state index contributed by atoms with van der Waals surface area (Å²) in [6.45, 7) is 0.0109. The fourth-order valence-corrected chi connectivity index (χ4v) is 0.943. The Morgan fingerprint density at radius 1 is 1.18 bits per heavy atom. The Hall–Kier alpha value is -1.51. The van der Waals surface area contributed by atoms with Gasteiger partial charge in [0.25, 0.3) is 0 Å². The third-order valence-electron chi connectivity index (χ3n) is 1.42. The molecule has 0 bridgehead atoms. The summed E-state index contributed by atoms with van der Waals surface area (Å²) in [6.07, 6.45) is 0. The van der Waals surface area contributed by atoms with Crippen molar-refractivity contribution in [3.8, 4) is 11.5 Å². The van der Waals surface area contributed by atoms with Gasteiger partial charge < -0.3 is 9.47 Å². The smallest absolute Gasteiger partial charge is 0.349 e. The normalized spacial score (nSPS) is 14.7. The lowest BCUT2D eigenvalue weighted by molar-refractivity contribution is -0.138. The van der Waals surface area contributed by atoms with Crippen LogP contribution in [0.4, 0.5) is 0 Å². The second-order valence-corrected chi connectivity index (χ2v) is 2.21. The van der Waals surface area contributed by atoms with Crippen LogP contribution in [-0.4, -0.2) is 12.6 Å². The molecule has 0 saturated carbocycles. The van der Waals surface area contributed by atoms with Crippen LogP contribution >= 0.6 is 0 Å². The van der Waals surface area contributed by atoms with Gasteiger partial charge in [-0.2, -0.15) is 0 Å². The second-order valence-electron chi connectivity index (χ2n) is 2.21. The largest absolute Gasteiger partial charge is 0.478 e. The number of hydrogen-bond donors (Lipinski definition) is 0. The molecule has 3 nitrogen and oxygen atoms in total. The van der Waals surface area contributed by atoms with Gasteiger partial charge in [-0.05, 0) is 12.1 Å². The molecule has 0 spiro atoms. The third kappa shape index (κ3) is 1.05. The number of fused-ring (bicyclic) bond motifs is 1. The minimum Gasteiger partial charge on any atom is -0.478 e. The van der Waals surface area contributed by atoms with E-state index in [4.69, 9.17) is 9.47 Å². The number of para-hydroxylation sites is 2. The van der Waals surface area contributed by atoms with Crippen molar-refractivity contribution < 1.29 is 14.3 Å². The van der Waals surface area contributed by atoms with Crippen molar-refractivity contribution in [2.75, 3.05) is 6.61 Å². The van der Waals surface area contributed by atoms with Crippen LogP contribution in [-0.2, 0) is 4.79 Å². The maximum absolute atomic E-state index is 10.7. The Kier molecular flexibility index (Phi) is 1.28. The molecular formula is C8H6O3. The first kappa shape index (κ1) is 6.22. The fraction of sp³-hybridized carbons (Fsp3) is 0.125. The first-order valence-electron chi connectivity index (χ1n) is 3.29. The topological polar surface area (TPSA) is 35.5 Å². The molecule has 0 atom stereocenters. The second kappa shape index (κ2) is 2.27. The Morgan fingerprint density at radius 2 is 1.91 bits per heavy atom. The van der Waals surface area contributed by atoms with Crippen LogP contribution in [0.2, 0.25) is 0 Å². The maximum Gasteiger partial charge on any atom is 0.349 e. The lowest BCUT2D eigenvalue weighted by Gasteiger charge is -2.15. The highest BCUT2D eigenvalue weighted by atomic mass is 16.6. The van der Waals surface area contributed by atoms with Crippen LogP contribution in [0.5, 0.6) is 11.5 Å². The van der Waals surface area contributed by atoms with E-state index in [1.54, 1.807) is 18.2 Å². The van der Waals surface area contributed by atoms with Gasteiger partial charge in [0.2, 0.25) is 0 Å². The van der Waals surface area contributed by atoms with Crippen LogP contribution in [0.25, 0.3) is 0 Å². The van der Waals surface area contributed by atoms with E-state index in [1.807, 2.05) is 6.07 Å². The summed E-state index contributed by atoms with van der Waals surface area (Å²) in [7, 11) is 0. The highest BCUT2D eigenvalue weighted by Crippen LogP contribution is 2.28. The van der Waals surface area contributed by atoms with Gasteiger partial charge in [-0.15, -0.1) is 0 Å². The van der Waals surface area contributed by atoms with E-state index in [1.165, 1.54) is 0 Å². The maximum atomic E-state index is 10.7. The average molecular weight is 150 g/mol. The Morgan fingerprint density at radius 3 is 2.73 bits per heavy atom. The summed E-state index contributed by atoms with van der Waals surface area (Å²) in [5.41, 5.74) is 0. The Balaban J connectivity index is 2.41. The van der Waals surface area contributed by atoms with Crippen molar-refractivity contribution in [3.05, 3.63) is 24.3 Å². The zero-order valence-electron chi connectivity index (χ0n) is 5.74. The molecule has 0 aromatic heterocycles. The zero-order chi connectivity index (χ0) is 7.68. The van der Waals surface area contributed by atoms with Gasteiger partial charge in [-0.25, -0.2) is 4.79 Å². The predicted octanol–water partition coefficient (Wildman–Crippen LogP) is 0.984. The Bertz CT molecular complexity index is 293. The van der Waals surface area contributed by atoms with Crippen molar-refractivity contribution in [3.63, 3.8) is 0 Å². The number of esters is 1. The summed E-state index contributed by atoms with van der Waals surface area (Å²) < 4.78 is 9.93. The van der Waals surface area contributed by atoms with Gasteiger partial charge in [0.1, 0.15) is 0 Å². The minimum atomic E-state index is -0.344. The summed E-state index contributed by atoms with van der Waals surface area (Å²) in [4.78, 5) is 10.7. The highest BCUT2D eigenvalue weighted by molar-refractivity contribution is 5.76. The first-order chi connectivity index (χ1) is 5.36. The van der Waals surface area contributed by atoms with Gasteiger partial charge in [-0.1, -0.05) is 12.1 Å². The molecule has 1 aliphatic rings. The molecule has 3 heteroatoms. The molecule has 1 aromatic rings. The van der Waals surface area contributed by atoms with Crippen molar-refractivity contribution >= 4 is 5.97 Å². The van der Waals surface area contributed by atoms with Crippen molar-refractivity contribution in [1.29, 1.82) is 0 Å². The third-order valence-corrected chi connectivity index (χ3v) is 1.42. The molecule has 0 amide bonds. The molecule has 11 heavy (non-hydrogen) atoms. The molecule has 56 valence electrons. The summed E-state index contributed by atoms with van der Waals surface area (Å²) in [6, 6.07) is 7.09. The first-order valence-corrected chi connectivity index (χ1v) is 3.29. The van der Waals surface area contributed by atoms with E-state index < -0.39 is 0 Å². The number of benzene rings is 1. The van der Waals surface area contributed by atoms with Crippen molar-refractivity contribution in [1.82, 2.24) is 0 Å². The van der Waals surface area contributed by atoms with E-state index in [0.717, 1.165) is 0 Å². The molecule has 1 aromatic carbocycles. The average Bonchev–Trinajstić information content (AvgIpc) is 2.04. The monoisotopic (exact) mass is 150 g/mol. The van der Waals surface area contributed by atoms with E-state index in [9.17, 15) is 4.79 Å². The number of carbonyl (C=O) groups excluding carboxylic acids is 1. The fourth-order valence-electron chi connectivity index (χ4n) is 0.943. The summed E-state index contributed by atoms with van der Waals surface area (Å²) in [5, 5.41) is 0. The van der Waals surface area contributed by atoms with Gasteiger partial charge in [-0.3, -0.25) is 0 Å². The molecule has 0 aliphatic carbocycles. The standard InChI is InChI=1S/C8H6O3/c9-8-5-10-6-3-1-2-4-7(6)11-8/h1-4H,5H2. The van der Waals surface area contributed by atoms with E-state index in [0.29, 0.717) is 11.5 Å². The van der Waals surface area contributed by atoms with Crippen LogP contribution in [0.15, 0.2) is 24.3 Å². The minimum absolute atomic E-state index is 0.0109. The number of rotatable bonds is 0. The summed E-state index contributed by atoms with van der Waals surface area (Å²) >= 11 is 0. The number of carbonyl (C=O) groups is 1. The lowest BCUT2D eigenvalue weighted by atomic mass is 10.3. The van der Waals surface area contributed by atoms with E-state index in [2.05, 4.69) is 0 Å². The molecule has 0 unspecified atom stereocenters. The highest BCUT2D eigenvalue weighted by Gasteiger charge is 2.16. The molecule has 0 radical (unpaired) electrons. The van der Waals surface area contributed by atoms with Gasteiger partial charge in [0.15, 0.2) is 18.1 Å². The summed E-state index contributed by atoms with van der Waals surface area (Å²) in [5.74, 6) is 0.791. The molecule has 1 heterocycles. The van der Waals surface area contributed by atoms with Crippen LogP contribution in [0, 0.1) is 0 Å². The van der Waals surface area contributed by atoms with Gasteiger partial charge in [0.05, 0.1) is 0 Å². The number of hydrogen-bond acceptors (Lipinski definition) is 3. The number of ether oxygens (including phenoxy) is 2. The molecule has 1 aliphatic heterocycles. The SMILES string of the molecule is O=C1COc2ccccc2O1. The lowest BCUT2D eigenvalue weighted by Crippen LogP contribution is -2.22. The van der Waals surface area contributed by atoms with Crippen LogP contribution in [0.3, 0.4) is 0 Å². The van der Waals surface area contributed by atoms with Crippen molar-refractivity contribution in [2.45, 2.75) is 0 Å². The van der Waals surface area contributed by atoms with Crippen LogP contribution < -0.4 is 9.47 Å². The molecule has 0 saturated heterocycles. The van der Waals surface area contributed by atoms with Crippen LogP contribution in [0.1, 0.15) is 0 Å². The van der Waals surface area contributed by atoms with E-state index >= 15 is 0 Å². The molecule has 0 N–H and O–H groups in total. The zero-order valence-corrected chi connectivity index (χ0v) is 5.74. The van der Waals surface area contributed by atoms with E-state index in [-0.39, 0.29) is 12.6 Å². The molecular weight excluding hydrogens is 144 g/mol. The van der Waals surface area contributed by atoms with Gasteiger partial charge >= 0.3 is 5.97 Å². The van der Waals surface area contributed by atoms with Gasteiger partial charge in [0, 0.05) is 0 Å². The Labute approximate surface area is 63.5 Å². The van der Waals surface area contributed by atoms with Crippen molar-refractivity contribution in [2.24, 2.45) is 0 Å².